The molecule has 0 N–H and O–H groups in total. The average Bonchev–Trinajstić information content (AvgIpc) is 2.85. The number of nitrogens with zero attached hydrogens (tertiary/aromatic N) is 2. The van der Waals surface area contributed by atoms with Gasteiger partial charge in [0.05, 0.1) is 25.1 Å². The number of hydrogen-bond donors (Lipinski definition) is 0. The van der Waals surface area contributed by atoms with Crippen molar-refractivity contribution in [2.45, 2.75) is 40.3 Å². The fourth-order valence-corrected chi connectivity index (χ4v) is 3.80. The molecule has 132 valence electrons. The van der Waals surface area contributed by atoms with E-state index in [1.165, 1.54) is 9.13 Å². The molecule has 0 fully saturated rings. The van der Waals surface area contributed by atoms with Gasteiger partial charge in [0.2, 0.25) is 0 Å². The average molecular weight is 354 g/mol. The van der Waals surface area contributed by atoms with Crippen molar-refractivity contribution in [3.8, 4) is 0 Å². The second-order valence-electron chi connectivity index (χ2n) is 5.65. The lowest BCUT2D eigenvalue weighted by molar-refractivity contribution is 0.0531. The molecule has 0 saturated heterocycles. The Bertz CT molecular complexity index is 875. The van der Waals surface area contributed by atoms with Crippen LogP contribution in [0, 0.1) is 6.92 Å². The largest absolute Gasteiger partial charge is 0.462 e. The third-order valence-electron chi connectivity index (χ3n) is 3.74. The van der Waals surface area contributed by atoms with Crippen LogP contribution < -0.4 is 11.2 Å². The molecule has 7 nitrogen and oxygen atoms in total. The van der Waals surface area contributed by atoms with Gasteiger partial charge in [0, 0.05) is 13.2 Å². The Morgan fingerprint density at radius 2 is 1.96 bits per heavy atom. The van der Waals surface area contributed by atoms with Crippen LogP contribution in [-0.4, -0.2) is 35.4 Å². The van der Waals surface area contributed by atoms with Gasteiger partial charge in [-0.05, 0) is 33.3 Å². The molecule has 0 aliphatic rings. The highest BCUT2D eigenvalue weighted by molar-refractivity contribution is 7.20. The fourth-order valence-electron chi connectivity index (χ4n) is 2.59. The normalized spacial score (nSPS) is 11.4. The van der Waals surface area contributed by atoms with Crippen LogP contribution in [0.15, 0.2) is 9.59 Å². The van der Waals surface area contributed by atoms with E-state index in [0.29, 0.717) is 33.8 Å². The van der Waals surface area contributed by atoms with Gasteiger partial charge in [0.15, 0.2) is 0 Å². The van der Waals surface area contributed by atoms with E-state index in [1.54, 1.807) is 34.8 Å². The summed E-state index contributed by atoms with van der Waals surface area (Å²) in [5.74, 6) is -0.475. The number of carbonyl (C=O) groups is 1. The number of methoxy groups -OCH3 is 1. The zero-order valence-corrected chi connectivity index (χ0v) is 15.4. The lowest BCUT2D eigenvalue weighted by Gasteiger charge is -2.14. The highest BCUT2D eigenvalue weighted by Gasteiger charge is 2.24. The third-order valence-corrected chi connectivity index (χ3v) is 5.03. The minimum Gasteiger partial charge on any atom is -0.462 e. The van der Waals surface area contributed by atoms with Crippen LogP contribution in [0.2, 0.25) is 0 Å². The maximum atomic E-state index is 12.8. The van der Waals surface area contributed by atoms with Crippen molar-refractivity contribution in [1.82, 2.24) is 9.13 Å². The molecule has 0 aromatic carbocycles. The van der Waals surface area contributed by atoms with Gasteiger partial charge in [0.1, 0.15) is 9.71 Å². The molecule has 2 aromatic rings. The number of fused-ring (bicyclic) bond motifs is 1. The van der Waals surface area contributed by atoms with Gasteiger partial charge in [-0.25, -0.2) is 9.59 Å². The Hall–Kier alpha value is -1.93. The molecule has 24 heavy (non-hydrogen) atoms. The number of esters is 1. The first-order valence-electron chi connectivity index (χ1n) is 7.79. The quantitative estimate of drug-likeness (QED) is 0.741. The summed E-state index contributed by atoms with van der Waals surface area (Å²) in [4.78, 5) is 38.5. The van der Waals surface area contributed by atoms with Crippen LogP contribution in [0.3, 0.4) is 0 Å². The van der Waals surface area contributed by atoms with Gasteiger partial charge in [-0.1, -0.05) is 0 Å². The van der Waals surface area contributed by atoms with Crippen molar-refractivity contribution < 1.29 is 14.3 Å². The molecule has 0 amide bonds. The highest BCUT2D eigenvalue weighted by atomic mass is 32.1. The van der Waals surface area contributed by atoms with Crippen LogP contribution in [-0.2, 0) is 16.0 Å². The Labute approximate surface area is 143 Å². The SMILES string of the molecule is CCOC(=O)c1sc2c(c1C)c(=O)n(C(C)C)c(=O)n2CCOC. The standard InChI is InChI=1S/C16H22N2O5S/c1-6-23-15(20)12-10(4)11-13(19)18(9(2)3)16(21)17(7-8-22-5)14(11)24-12/h9H,6-8H2,1-5H3. The van der Waals surface area contributed by atoms with E-state index in [0.717, 1.165) is 11.3 Å². The van der Waals surface area contributed by atoms with Gasteiger partial charge in [-0.3, -0.25) is 13.9 Å². The number of hydrogen-bond acceptors (Lipinski definition) is 6. The van der Waals surface area contributed by atoms with Crippen LogP contribution >= 0.6 is 11.3 Å². The van der Waals surface area contributed by atoms with Crippen LogP contribution in [0.1, 0.15) is 42.0 Å². The van der Waals surface area contributed by atoms with Crippen molar-refractivity contribution >= 4 is 27.5 Å². The molecule has 2 heterocycles. The molecule has 0 aliphatic carbocycles. The number of carbonyl (C=O) groups excluding carboxylic acids is 1. The minimum atomic E-state index is -0.475. The monoisotopic (exact) mass is 354 g/mol. The first-order chi connectivity index (χ1) is 11.3. The zero-order valence-electron chi connectivity index (χ0n) is 14.5. The maximum Gasteiger partial charge on any atom is 0.348 e. The summed E-state index contributed by atoms with van der Waals surface area (Å²) in [7, 11) is 1.55. The maximum absolute atomic E-state index is 12.8. The predicted octanol–water partition coefficient (Wildman–Crippen LogP) is 1.94. The molecule has 0 bridgehead atoms. The van der Waals surface area contributed by atoms with E-state index in [1.807, 2.05) is 0 Å². The highest BCUT2D eigenvalue weighted by Crippen LogP contribution is 2.28. The number of thiophene rings is 1. The predicted molar refractivity (Wildman–Crippen MR) is 93.3 cm³/mol. The molecule has 0 saturated carbocycles. The summed E-state index contributed by atoms with van der Waals surface area (Å²) in [5.41, 5.74) is -0.210. The second kappa shape index (κ2) is 7.31. The first kappa shape index (κ1) is 18.4. The molecule has 0 aliphatic heterocycles. The van der Waals surface area contributed by atoms with Crippen molar-refractivity contribution in [3.63, 3.8) is 0 Å². The molecular weight excluding hydrogens is 332 g/mol. The van der Waals surface area contributed by atoms with Crippen molar-refractivity contribution in [3.05, 3.63) is 31.3 Å². The smallest absolute Gasteiger partial charge is 0.348 e. The van der Waals surface area contributed by atoms with E-state index in [2.05, 4.69) is 0 Å². The van der Waals surface area contributed by atoms with Crippen LogP contribution in [0.4, 0.5) is 0 Å². The van der Waals surface area contributed by atoms with Gasteiger partial charge < -0.3 is 9.47 Å². The molecule has 0 unspecified atom stereocenters. The summed E-state index contributed by atoms with van der Waals surface area (Å²) in [6.07, 6.45) is 0. The zero-order chi connectivity index (χ0) is 18.0. The Morgan fingerprint density at radius 3 is 2.50 bits per heavy atom. The number of aromatic nitrogens is 2. The van der Waals surface area contributed by atoms with E-state index in [-0.39, 0.29) is 18.2 Å². The Balaban J connectivity index is 2.87. The van der Waals surface area contributed by atoms with Crippen LogP contribution in [0.25, 0.3) is 10.2 Å². The Morgan fingerprint density at radius 1 is 1.29 bits per heavy atom. The Kier molecular flexibility index (Phi) is 5.61. The van der Waals surface area contributed by atoms with Gasteiger partial charge in [-0.2, -0.15) is 0 Å². The summed E-state index contributed by atoms with van der Waals surface area (Å²) >= 11 is 1.12. The van der Waals surface area contributed by atoms with E-state index in [9.17, 15) is 14.4 Å². The van der Waals surface area contributed by atoms with E-state index >= 15 is 0 Å². The fraction of sp³-hybridized carbons (Fsp3) is 0.562. The van der Waals surface area contributed by atoms with Gasteiger partial charge in [-0.15, -0.1) is 11.3 Å². The summed E-state index contributed by atoms with van der Waals surface area (Å²) < 4.78 is 12.8. The minimum absolute atomic E-state index is 0.249. The molecule has 2 rings (SSSR count). The molecule has 0 spiro atoms. The lowest BCUT2D eigenvalue weighted by Crippen LogP contribution is -2.41. The van der Waals surface area contributed by atoms with Crippen molar-refractivity contribution in [2.75, 3.05) is 20.3 Å². The lowest BCUT2D eigenvalue weighted by atomic mass is 10.2. The number of ether oxygens (including phenoxy) is 2. The number of aryl methyl sites for hydroxylation is 1. The molecule has 2 aromatic heterocycles. The summed E-state index contributed by atoms with van der Waals surface area (Å²) in [6, 6.07) is -0.284. The summed E-state index contributed by atoms with van der Waals surface area (Å²) in [5, 5.41) is 0.396. The molecule has 8 heteroatoms. The van der Waals surface area contributed by atoms with Crippen molar-refractivity contribution in [1.29, 1.82) is 0 Å². The molecular formula is C16H22N2O5S. The first-order valence-corrected chi connectivity index (χ1v) is 8.61. The van der Waals surface area contributed by atoms with Crippen LogP contribution in [0.5, 0.6) is 0 Å². The topological polar surface area (TPSA) is 79.5 Å². The molecule has 0 atom stereocenters. The third kappa shape index (κ3) is 3.03. The van der Waals surface area contributed by atoms with Gasteiger partial charge in [0.25, 0.3) is 5.56 Å². The summed E-state index contributed by atoms with van der Waals surface area (Å²) in [6.45, 7) is 7.88. The van der Waals surface area contributed by atoms with Gasteiger partial charge >= 0.3 is 11.7 Å². The van der Waals surface area contributed by atoms with Crippen molar-refractivity contribution in [2.24, 2.45) is 0 Å². The van der Waals surface area contributed by atoms with E-state index < -0.39 is 11.7 Å². The van der Waals surface area contributed by atoms with E-state index in [4.69, 9.17) is 9.47 Å². The molecule has 0 radical (unpaired) electrons. The number of rotatable bonds is 6. The second-order valence-corrected chi connectivity index (χ2v) is 6.65.